The molecule has 5 nitrogen and oxygen atoms in total. The first-order chi connectivity index (χ1) is 9.22. The molecule has 1 saturated heterocycles. The molecule has 0 spiro atoms. The summed E-state index contributed by atoms with van der Waals surface area (Å²) in [7, 11) is 0. The van der Waals surface area contributed by atoms with Crippen LogP contribution in [-0.2, 0) is 4.74 Å². The number of amides is 1. The van der Waals surface area contributed by atoms with Crippen LogP contribution in [0.5, 0.6) is 0 Å². The van der Waals surface area contributed by atoms with Gasteiger partial charge in [-0.3, -0.25) is 9.78 Å². The number of aromatic nitrogens is 1. The molecule has 1 aliphatic heterocycles. The number of anilines is 1. The molecule has 2 N–H and O–H groups in total. The number of ether oxygens (including phenoxy) is 1. The number of nitrogens with one attached hydrogen (secondary N) is 2. The largest absolute Gasteiger partial charge is 0.383 e. The van der Waals surface area contributed by atoms with Gasteiger partial charge in [0.25, 0.3) is 5.91 Å². The minimum atomic E-state index is -0.0821. The lowest BCUT2D eigenvalue weighted by molar-refractivity contribution is 0.0713. The van der Waals surface area contributed by atoms with E-state index in [4.69, 9.17) is 4.74 Å². The molecule has 1 fully saturated rings. The fourth-order valence-electron chi connectivity index (χ4n) is 2.30. The standard InChI is InChI=1S/C14H21N3O2/c1-3-16-12-9-15-7-6-11(12)14(18)17-10(2)13-5-4-8-19-13/h6-7,9-10,13,16H,3-5,8H2,1-2H3,(H,17,18). The highest BCUT2D eigenvalue weighted by atomic mass is 16.5. The molecule has 5 heteroatoms. The zero-order valence-electron chi connectivity index (χ0n) is 11.5. The van der Waals surface area contributed by atoms with Crippen molar-refractivity contribution in [3.63, 3.8) is 0 Å². The molecular formula is C14H21N3O2. The molecule has 2 rings (SSSR count). The van der Waals surface area contributed by atoms with Crippen molar-refractivity contribution < 1.29 is 9.53 Å². The summed E-state index contributed by atoms with van der Waals surface area (Å²) in [5.41, 5.74) is 1.39. The summed E-state index contributed by atoms with van der Waals surface area (Å²) in [6.45, 7) is 5.53. The number of nitrogens with zero attached hydrogens (tertiary/aromatic N) is 1. The van der Waals surface area contributed by atoms with Crippen molar-refractivity contribution in [1.82, 2.24) is 10.3 Å². The second-order valence-electron chi connectivity index (χ2n) is 4.77. The van der Waals surface area contributed by atoms with E-state index in [0.717, 1.165) is 31.7 Å². The molecule has 1 aromatic rings. The fourth-order valence-corrected chi connectivity index (χ4v) is 2.30. The molecule has 0 bridgehead atoms. The molecule has 0 aromatic carbocycles. The Morgan fingerprint density at radius 2 is 2.47 bits per heavy atom. The third-order valence-corrected chi connectivity index (χ3v) is 3.31. The first kappa shape index (κ1) is 13.8. The normalized spacial score (nSPS) is 20.0. The van der Waals surface area contributed by atoms with Crippen LogP contribution < -0.4 is 10.6 Å². The second-order valence-corrected chi connectivity index (χ2v) is 4.77. The lowest BCUT2D eigenvalue weighted by Crippen LogP contribution is -2.41. The minimum absolute atomic E-state index is 0.0256. The number of carbonyl (C=O) groups excluding carboxylic acids is 1. The van der Waals surface area contributed by atoms with Gasteiger partial charge in [0.2, 0.25) is 0 Å². The van der Waals surface area contributed by atoms with E-state index in [9.17, 15) is 4.79 Å². The van der Waals surface area contributed by atoms with Crippen molar-refractivity contribution in [3.05, 3.63) is 24.0 Å². The van der Waals surface area contributed by atoms with Gasteiger partial charge in [-0.2, -0.15) is 0 Å². The Morgan fingerprint density at radius 3 is 3.16 bits per heavy atom. The first-order valence-corrected chi connectivity index (χ1v) is 6.82. The highest BCUT2D eigenvalue weighted by Crippen LogP contribution is 2.17. The van der Waals surface area contributed by atoms with Gasteiger partial charge < -0.3 is 15.4 Å². The average molecular weight is 263 g/mol. The summed E-state index contributed by atoms with van der Waals surface area (Å²) in [6.07, 6.45) is 5.52. The molecule has 0 radical (unpaired) electrons. The molecule has 104 valence electrons. The van der Waals surface area contributed by atoms with Crippen LogP contribution in [0.2, 0.25) is 0 Å². The number of carbonyl (C=O) groups is 1. The van der Waals surface area contributed by atoms with E-state index in [1.807, 2.05) is 13.8 Å². The van der Waals surface area contributed by atoms with Crippen molar-refractivity contribution in [3.8, 4) is 0 Å². The van der Waals surface area contributed by atoms with Gasteiger partial charge in [0, 0.05) is 19.3 Å². The third kappa shape index (κ3) is 3.44. The van der Waals surface area contributed by atoms with Gasteiger partial charge in [-0.25, -0.2) is 0 Å². The van der Waals surface area contributed by atoms with Crippen LogP contribution in [0.4, 0.5) is 5.69 Å². The topological polar surface area (TPSA) is 63.2 Å². The van der Waals surface area contributed by atoms with E-state index in [1.165, 1.54) is 0 Å². The lowest BCUT2D eigenvalue weighted by atomic mass is 10.1. The lowest BCUT2D eigenvalue weighted by Gasteiger charge is -2.20. The molecule has 2 unspecified atom stereocenters. The summed E-state index contributed by atoms with van der Waals surface area (Å²) in [5.74, 6) is -0.0821. The monoisotopic (exact) mass is 263 g/mol. The van der Waals surface area contributed by atoms with Crippen molar-refractivity contribution in [2.75, 3.05) is 18.5 Å². The predicted molar refractivity (Wildman–Crippen MR) is 74.3 cm³/mol. The average Bonchev–Trinajstić information content (AvgIpc) is 2.93. The van der Waals surface area contributed by atoms with Crippen LogP contribution >= 0.6 is 0 Å². The minimum Gasteiger partial charge on any atom is -0.383 e. The van der Waals surface area contributed by atoms with Crippen LogP contribution in [0.25, 0.3) is 0 Å². The van der Waals surface area contributed by atoms with Crippen LogP contribution in [0.15, 0.2) is 18.5 Å². The summed E-state index contributed by atoms with van der Waals surface area (Å²) in [6, 6.07) is 1.76. The van der Waals surface area contributed by atoms with Gasteiger partial charge in [0.05, 0.1) is 29.6 Å². The van der Waals surface area contributed by atoms with Gasteiger partial charge in [-0.15, -0.1) is 0 Å². The number of rotatable bonds is 5. The van der Waals surface area contributed by atoms with Crippen molar-refractivity contribution in [1.29, 1.82) is 0 Å². The van der Waals surface area contributed by atoms with E-state index in [1.54, 1.807) is 18.5 Å². The molecule has 1 amide bonds. The molecule has 2 heterocycles. The second kappa shape index (κ2) is 6.52. The Bertz CT molecular complexity index is 430. The molecule has 1 aromatic heterocycles. The number of hydrogen-bond donors (Lipinski definition) is 2. The Labute approximate surface area is 113 Å². The molecule has 0 aliphatic carbocycles. The first-order valence-electron chi connectivity index (χ1n) is 6.82. The molecular weight excluding hydrogens is 242 g/mol. The summed E-state index contributed by atoms with van der Waals surface area (Å²) in [4.78, 5) is 16.3. The van der Waals surface area contributed by atoms with E-state index in [2.05, 4.69) is 15.6 Å². The Hall–Kier alpha value is -1.62. The zero-order valence-corrected chi connectivity index (χ0v) is 11.5. The van der Waals surface area contributed by atoms with E-state index in [0.29, 0.717) is 5.56 Å². The smallest absolute Gasteiger partial charge is 0.253 e. The molecule has 2 atom stereocenters. The van der Waals surface area contributed by atoms with Gasteiger partial charge in [-0.05, 0) is 32.8 Å². The highest BCUT2D eigenvalue weighted by molar-refractivity contribution is 5.99. The fraction of sp³-hybridized carbons (Fsp3) is 0.571. The summed E-state index contributed by atoms with van der Waals surface area (Å²) in [5, 5.41) is 6.15. The molecule has 19 heavy (non-hydrogen) atoms. The number of pyridine rings is 1. The van der Waals surface area contributed by atoms with Crippen LogP contribution in [-0.4, -0.2) is 36.2 Å². The van der Waals surface area contributed by atoms with E-state index >= 15 is 0 Å². The SMILES string of the molecule is CCNc1cnccc1C(=O)NC(C)C1CCCO1. The van der Waals surface area contributed by atoms with Gasteiger partial charge in [-0.1, -0.05) is 0 Å². The quantitative estimate of drug-likeness (QED) is 0.850. The maximum atomic E-state index is 12.3. The van der Waals surface area contributed by atoms with Crippen LogP contribution in [0.3, 0.4) is 0 Å². The van der Waals surface area contributed by atoms with Gasteiger partial charge in [0.1, 0.15) is 0 Å². The maximum Gasteiger partial charge on any atom is 0.253 e. The number of hydrogen-bond acceptors (Lipinski definition) is 4. The van der Waals surface area contributed by atoms with Gasteiger partial charge in [0.15, 0.2) is 0 Å². The maximum absolute atomic E-state index is 12.3. The summed E-state index contributed by atoms with van der Waals surface area (Å²) >= 11 is 0. The van der Waals surface area contributed by atoms with Crippen molar-refractivity contribution in [2.45, 2.75) is 38.8 Å². The predicted octanol–water partition coefficient (Wildman–Crippen LogP) is 1.81. The van der Waals surface area contributed by atoms with Gasteiger partial charge >= 0.3 is 0 Å². The Morgan fingerprint density at radius 1 is 1.63 bits per heavy atom. The zero-order chi connectivity index (χ0) is 13.7. The third-order valence-electron chi connectivity index (χ3n) is 3.31. The van der Waals surface area contributed by atoms with E-state index in [-0.39, 0.29) is 18.1 Å². The highest BCUT2D eigenvalue weighted by Gasteiger charge is 2.24. The van der Waals surface area contributed by atoms with E-state index < -0.39 is 0 Å². The summed E-state index contributed by atoms with van der Waals surface area (Å²) < 4.78 is 5.59. The Balaban J connectivity index is 2.02. The Kier molecular flexibility index (Phi) is 4.74. The molecule has 0 saturated carbocycles. The van der Waals surface area contributed by atoms with Crippen LogP contribution in [0.1, 0.15) is 37.0 Å². The van der Waals surface area contributed by atoms with Crippen LogP contribution in [0, 0.1) is 0 Å². The van der Waals surface area contributed by atoms with Crippen molar-refractivity contribution in [2.24, 2.45) is 0 Å². The van der Waals surface area contributed by atoms with Crippen molar-refractivity contribution >= 4 is 11.6 Å². The molecule has 1 aliphatic rings.